The molecule has 0 unspecified atom stereocenters. The van der Waals surface area contributed by atoms with Crippen LogP contribution < -0.4 is 5.63 Å². The van der Waals surface area contributed by atoms with E-state index < -0.39 is 5.63 Å². The highest BCUT2D eigenvalue weighted by molar-refractivity contribution is 5.10. The third-order valence-electron chi connectivity index (χ3n) is 0.717. The van der Waals surface area contributed by atoms with Crippen molar-refractivity contribution in [3.05, 3.63) is 28.8 Å². The molecule has 0 saturated carbocycles. The molecule has 1 N–H and O–H groups in total. The van der Waals surface area contributed by atoms with Gasteiger partial charge in [-0.15, -0.1) is 0 Å². The molecule has 3 nitrogen and oxygen atoms in total. The number of hydrogen-bond acceptors (Lipinski definition) is 3. The van der Waals surface area contributed by atoms with E-state index in [1.54, 1.807) is 0 Å². The zero-order valence-corrected chi connectivity index (χ0v) is 4.00. The Hall–Kier alpha value is -1.25. The van der Waals surface area contributed by atoms with E-state index >= 15 is 0 Å². The molecule has 1 aromatic heterocycles. The van der Waals surface area contributed by atoms with Crippen LogP contribution in [-0.2, 0) is 0 Å². The average Bonchev–Trinajstić information content (AvgIpc) is 1.77. The van der Waals surface area contributed by atoms with Crippen molar-refractivity contribution in [2.75, 3.05) is 0 Å². The van der Waals surface area contributed by atoms with Gasteiger partial charge in [-0.1, -0.05) is 0 Å². The zero-order chi connectivity index (χ0) is 5.98. The second-order valence-corrected chi connectivity index (χ2v) is 1.29. The molecular weight excluding hydrogens is 108 g/mol. The molecule has 1 heterocycles. The maximum Gasteiger partial charge on any atom is 0.378 e. The Bertz CT molecular complexity index is 225. The van der Waals surface area contributed by atoms with Gasteiger partial charge < -0.3 is 9.52 Å². The molecule has 0 spiro atoms. The lowest BCUT2D eigenvalue weighted by Crippen LogP contribution is -1.93. The molecule has 0 bridgehead atoms. The largest absolute Gasteiger partial charge is 0.502 e. The molecule has 0 amide bonds. The highest BCUT2D eigenvalue weighted by atomic mass is 16.4. The predicted octanol–water partition coefficient (Wildman–Crippen LogP) is 0.345. The second kappa shape index (κ2) is 1.69. The average molecular weight is 112 g/mol. The molecule has 0 fully saturated rings. The molecule has 0 aliphatic rings. The van der Waals surface area contributed by atoms with Gasteiger partial charge in [0.15, 0.2) is 0 Å². The Balaban J connectivity index is 3.35. The molecule has 0 atom stereocenters. The minimum atomic E-state index is -0.701. The first-order valence-electron chi connectivity index (χ1n) is 2.07. The van der Waals surface area contributed by atoms with Gasteiger partial charge in [-0.25, -0.2) is 4.79 Å². The van der Waals surface area contributed by atoms with E-state index in [0.29, 0.717) is 0 Å². The predicted molar refractivity (Wildman–Crippen MR) is 26.6 cm³/mol. The van der Waals surface area contributed by atoms with Crippen molar-refractivity contribution in [2.24, 2.45) is 0 Å². The molecule has 0 radical (unpaired) electrons. The quantitative estimate of drug-likeness (QED) is 0.526. The van der Waals surface area contributed by atoms with Gasteiger partial charge in [0.05, 0.1) is 6.26 Å². The number of aromatic hydroxyl groups is 1. The van der Waals surface area contributed by atoms with E-state index in [1.807, 2.05) is 0 Å². The third kappa shape index (κ3) is 0.703. The lowest BCUT2D eigenvalue weighted by atomic mass is 10.5. The fourth-order valence-electron chi connectivity index (χ4n) is 0.360. The van der Waals surface area contributed by atoms with Crippen LogP contribution in [0.2, 0.25) is 0 Å². The van der Waals surface area contributed by atoms with E-state index in [4.69, 9.17) is 5.11 Å². The van der Waals surface area contributed by atoms with Gasteiger partial charge in [0.2, 0.25) is 5.75 Å². The summed E-state index contributed by atoms with van der Waals surface area (Å²) in [5, 5.41) is 8.51. The van der Waals surface area contributed by atoms with Crippen molar-refractivity contribution < 1.29 is 9.52 Å². The Labute approximate surface area is 45.2 Å². The molecule has 0 saturated heterocycles. The minimum absolute atomic E-state index is 0.354. The minimum Gasteiger partial charge on any atom is -0.502 e. The maximum absolute atomic E-state index is 10.2. The second-order valence-electron chi connectivity index (χ2n) is 1.29. The van der Waals surface area contributed by atoms with Crippen LogP contribution in [0.3, 0.4) is 0 Å². The molecule has 1 rings (SSSR count). The highest BCUT2D eigenvalue weighted by Gasteiger charge is 1.90. The highest BCUT2D eigenvalue weighted by Crippen LogP contribution is 1.94. The first-order chi connectivity index (χ1) is 3.80. The van der Waals surface area contributed by atoms with Crippen molar-refractivity contribution in [3.63, 3.8) is 0 Å². The molecule has 3 heteroatoms. The van der Waals surface area contributed by atoms with Gasteiger partial charge in [0, 0.05) is 0 Å². The summed E-state index contributed by atoms with van der Waals surface area (Å²) in [6.07, 6.45) is 1.21. The molecule has 8 heavy (non-hydrogen) atoms. The van der Waals surface area contributed by atoms with E-state index in [0.717, 1.165) is 0 Å². The summed E-state index contributed by atoms with van der Waals surface area (Å²) in [6, 6.07) is 2.71. The first kappa shape index (κ1) is 4.90. The monoisotopic (exact) mass is 112 g/mol. The van der Waals surface area contributed by atoms with Crippen LogP contribution >= 0.6 is 0 Å². The normalized spacial score (nSPS) is 9.00. The Kier molecular flexibility index (Phi) is 1.04. The van der Waals surface area contributed by atoms with Crippen molar-refractivity contribution in [1.82, 2.24) is 0 Å². The summed E-state index contributed by atoms with van der Waals surface area (Å²) in [7, 11) is 0. The van der Waals surface area contributed by atoms with Crippen LogP contribution in [0.4, 0.5) is 0 Å². The lowest BCUT2D eigenvalue weighted by molar-refractivity contribution is 0.412. The maximum atomic E-state index is 10.2. The zero-order valence-electron chi connectivity index (χ0n) is 4.00. The summed E-state index contributed by atoms with van der Waals surface area (Å²) in [5.41, 5.74) is -0.701. The Morgan fingerprint density at radius 1 is 1.62 bits per heavy atom. The molecule has 0 aromatic carbocycles. The van der Waals surface area contributed by atoms with E-state index in [2.05, 4.69) is 4.42 Å². The van der Waals surface area contributed by atoms with Crippen LogP contribution in [0.5, 0.6) is 5.75 Å². The first-order valence-corrected chi connectivity index (χ1v) is 2.07. The molecule has 0 aliphatic heterocycles. The SMILES string of the molecule is O=c1occcc1O. The van der Waals surface area contributed by atoms with Crippen LogP contribution in [0.25, 0.3) is 0 Å². The lowest BCUT2D eigenvalue weighted by Gasteiger charge is -1.81. The Morgan fingerprint density at radius 3 is 2.75 bits per heavy atom. The van der Waals surface area contributed by atoms with Crippen molar-refractivity contribution in [3.8, 4) is 5.75 Å². The summed E-state index contributed by atoms with van der Waals surface area (Å²) in [4.78, 5) is 10.2. The van der Waals surface area contributed by atoms with Gasteiger partial charge in [-0.3, -0.25) is 0 Å². The summed E-state index contributed by atoms with van der Waals surface area (Å²) >= 11 is 0. The number of rotatable bonds is 0. The van der Waals surface area contributed by atoms with Crippen molar-refractivity contribution >= 4 is 0 Å². The van der Waals surface area contributed by atoms with Gasteiger partial charge >= 0.3 is 5.63 Å². The van der Waals surface area contributed by atoms with Gasteiger partial charge in [-0.2, -0.15) is 0 Å². The van der Waals surface area contributed by atoms with Gasteiger partial charge in [-0.05, 0) is 12.1 Å². The standard InChI is InChI=1S/C5H4O3/c6-4-2-1-3-8-5(4)7/h1-3,6H. The smallest absolute Gasteiger partial charge is 0.378 e. The molecule has 0 aliphatic carbocycles. The Morgan fingerprint density at radius 2 is 2.38 bits per heavy atom. The summed E-state index contributed by atoms with van der Waals surface area (Å²) in [6.45, 7) is 0. The fraction of sp³-hybridized carbons (Fsp3) is 0. The van der Waals surface area contributed by atoms with Crippen LogP contribution in [0.15, 0.2) is 27.6 Å². The van der Waals surface area contributed by atoms with Gasteiger partial charge in [0.1, 0.15) is 0 Å². The fourth-order valence-corrected chi connectivity index (χ4v) is 0.360. The molecule has 1 aromatic rings. The van der Waals surface area contributed by atoms with E-state index in [9.17, 15) is 4.79 Å². The number of hydrogen-bond donors (Lipinski definition) is 1. The molecular formula is C5H4O3. The van der Waals surface area contributed by atoms with E-state index in [1.165, 1.54) is 18.4 Å². The third-order valence-corrected chi connectivity index (χ3v) is 0.717. The summed E-state index contributed by atoms with van der Waals surface area (Å²) < 4.78 is 4.25. The topological polar surface area (TPSA) is 50.4 Å². The van der Waals surface area contributed by atoms with Crippen LogP contribution in [0.1, 0.15) is 0 Å². The van der Waals surface area contributed by atoms with E-state index in [-0.39, 0.29) is 5.75 Å². The van der Waals surface area contributed by atoms with Crippen LogP contribution in [-0.4, -0.2) is 5.11 Å². The van der Waals surface area contributed by atoms with Gasteiger partial charge in [0.25, 0.3) is 0 Å². The van der Waals surface area contributed by atoms with Crippen molar-refractivity contribution in [1.29, 1.82) is 0 Å². The van der Waals surface area contributed by atoms with Crippen molar-refractivity contribution in [2.45, 2.75) is 0 Å². The summed E-state index contributed by atoms with van der Waals surface area (Å²) in [5.74, 6) is -0.354. The van der Waals surface area contributed by atoms with Crippen LogP contribution in [0, 0.1) is 0 Å². The molecule has 42 valence electrons.